The van der Waals surface area contributed by atoms with Crippen LogP contribution >= 0.6 is 0 Å². The van der Waals surface area contributed by atoms with E-state index in [4.69, 9.17) is 0 Å². The molecule has 0 saturated heterocycles. The molecule has 3 aromatic heterocycles. The number of anilines is 1. The number of benzene rings is 1. The van der Waals surface area contributed by atoms with Gasteiger partial charge in [0.2, 0.25) is 5.82 Å². The molecule has 4 aromatic rings. The molecule has 1 atom stereocenters. The number of tetrazole rings is 1. The topological polar surface area (TPSA) is 90.0 Å². The molecule has 1 aromatic carbocycles. The molecular weight excluding hydrogens is 366 g/mol. The molecule has 3 heterocycles. The van der Waals surface area contributed by atoms with Gasteiger partial charge < -0.3 is 5.32 Å². The van der Waals surface area contributed by atoms with E-state index < -0.39 is 0 Å². The highest BCUT2D eigenvalue weighted by molar-refractivity contribution is 6.09. The summed E-state index contributed by atoms with van der Waals surface area (Å²) in [5.74, 6) is 1.00. The molecule has 0 radical (unpaired) electrons. The van der Waals surface area contributed by atoms with Gasteiger partial charge in [0.1, 0.15) is 0 Å². The lowest BCUT2D eigenvalue weighted by atomic mass is 10.1. The maximum atomic E-state index is 12.9. The summed E-state index contributed by atoms with van der Waals surface area (Å²) in [4.78, 5) is 14.6. The number of aromatic nitrogens is 6. The number of hydrogen-bond donors (Lipinski definition) is 1. The molecule has 29 heavy (non-hydrogen) atoms. The zero-order valence-corrected chi connectivity index (χ0v) is 16.3. The van der Waals surface area contributed by atoms with Crippen molar-refractivity contribution in [1.82, 2.24) is 29.8 Å². The highest BCUT2D eigenvalue weighted by Crippen LogP contribution is 2.38. The maximum Gasteiger partial charge on any atom is 0.259 e. The molecule has 0 bridgehead atoms. The lowest BCUT2D eigenvalue weighted by Gasteiger charge is -2.09. The average molecular weight is 387 g/mol. The van der Waals surface area contributed by atoms with Crippen molar-refractivity contribution in [2.75, 3.05) is 5.32 Å². The largest absolute Gasteiger partial charge is 0.322 e. The van der Waals surface area contributed by atoms with Crippen molar-refractivity contribution in [3.8, 4) is 11.4 Å². The van der Waals surface area contributed by atoms with Gasteiger partial charge in [-0.05, 0) is 61.6 Å². The lowest BCUT2D eigenvalue weighted by Crippen LogP contribution is -2.12. The molecule has 0 spiro atoms. The smallest absolute Gasteiger partial charge is 0.259 e. The molecule has 1 aliphatic carbocycles. The monoisotopic (exact) mass is 387 g/mol. The molecular formula is C21H21N7O. The van der Waals surface area contributed by atoms with Crippen LogP contribution in [0.15, 0.2) is 48.8 Å². The lowest BCUT2D eigenvalue weighted by molar-refractivity contribution is 0.102. The van der Waals surface area contributed by atoms with Crippen LogP contribution in [-0.4, -0.2) is 35.7 Å². The van der Waals surface area contributed by atoms with Crippen LogP contribution in [0.4, 0.5) is 5.69 Å². The van der Waals surface area contributed by atoms with E-state index in [2.05, 4.69) is 32.7 Å². The van der Waals surface area contributed by atoms with Crippen LogP contribution in [0.25, 0.3) is 16.9 Å². The van der Waals surface area contributed by atoms with Gasteiger partial charge in [0.05, 0.1) is 23.3 Å². The number of fused-ring (bicyclic) bond motifs is 1. The number of nitrogens with zero attached hydrogens (tertiary/aromatic N) is 6. The van der Waals surface area contributed by atoms with Crippen LogP contribution in [0.5, 0.6) is 0 Å². The van der Waals surface area contributed by atoms with Crippen molar-refractivity contribution < 1.29 is 4.79 Å². The first-order chi connectivity index (χ1) is 14.1. The number of amides is 1. The van der Waals surface area contributed by atoms with Crippen LogP contribution in [0.1, 0.15) is 41.7 Å². The van der Waals surface area contributed by atoms with Gasteiger partial charge in [-0.1, -0.05) is 18.2 Å². The fraction of sp³-hybridized carbons (Fsp3) is 0.286. The Kier molecular flexibility index (Phi) is 4.12. The average Bonchev–Trinajstić information content (AvgIpc) is 3.30. The van der Waals surface area contributed by atoms with E-state index in [0.717, 1.165) is 22.3 Å². The SMILES string of the molecule is Cc1ccc(-c2nnn([C@@H](C)C3CC3)n2)cc1NC(=O)c1cnn2ccccc12. The van der Waals surface area contributed by atoms with Crippen molar-refractivity contribution in [2.24, 2.45) is 5.92 Å². The number of carbonyl (C=O) groups is 1. The predicted octanol–water partition coefficient (Wildman–Crippen LogP) is 3.52. The Balaban J connectivity index is 1.41. The summed E-state index contributed by atoms with van der Waals surface area (Å²) < 4.78 is 1.68. The molecule has 1 saturated carbocycles. The Morgan fingerprint density at radius 2 is 2.10 bits per heavy atom. The van der Waals surface area contributed by atoms with Crippen molar-refractivity contribution >= 4 is 17.1 Å². The molecule has 0 aliphatic heterocycles. The van der Waals surface area contributed by atoms with E-state index in [9.17, 15) is 4.79 Å². The summed E-state index contributed by atoms with van der Waals surface area (Å²) in [7, 11) is 0. The molecule has 1 fully saturated rings. The number of carbonyl (C=O) groups excluding carboxylic acids is 1. The first-order valence-electron chi connectivity index (χ1n) is 9.74. The molecule has 8 nitrogen and oxygen atoms in total. The standard InChI is InChI=1S/C21H21N7O/c1-13-6-7-16(20-24-26-28(25-20)14(2)15-8-9-15)11-18(13)23-21(29)17-12-22-27-10-4-3-5-19(17)27/h3-7,10-12,14-15H,8-9H2,1-2H3,(H,23,29)/t14-/m0/s1. The Hall–Kier alpha value is -3.55. The first-order valence-corrected chi connectivity index (χ1v) is 9.74. The summed E-state index contributed by atoms with van der Waals surface area (Å²) >= 11 is 0. The zero-order valence-electron chi connectivity index (χ0n) is 16.3. The fourth-order valence-corrected chi connectivity index (χ4v) is 3.48. The van der Waals surface area contributed by atoms with Crippen molar-refractivity contribution in [3.63, 3.8) is 0 Å². The van der Waals surface area contributed by atoms with Crippen LogP contribution in [0, 0.1) is 12.8 Å². The Bertz CT molecular complexity index is 1200. The van der Waals surface area contributed by atoms with Gasteiger partial charge in [0.25, 0.3) is 5.91 Å². The minimum atomic E-state index is -0.203. The summed E-state index contributed by atoms with van der Waals surface area (Å²) in [5, 5.41) is 20.2. The van der Waals surface area contributed by atoms with Crippen molar-refractivity contribution in [3.05, 3.63) is 59.9 Å². The first kappa shape index (κ1) is 17.5. The second-order valence-corrected chi connectivity index (χ2v) is 7.58. The Labute approximate surface area is 167 Å². The number of nitrogens with one attached hydrogen (secondary N) is 1. The highest BCUT2D eigenvalue weighted by Gasteiger charge is 2.30. The van der Waals surface area contributed by atoms with Crippen molar-refractivity contribution in [2.45, 2.75) is 32.7 Å². The summed E-state index contributed by atoms with van der Waals surface area (Å²) in [6, 6.07) is 11.7. The summed E-state index contributed by atoms with van der Waals surface area (Å²) in [6.45, 7) is 4.08. The number of aryl methyl sites for hydroxylation is 1. The summed E-state index contributed by atoms with van der Waals surface area (Å²) in [5.41, 5.74) is 3.78. The van der Waals surface area contributed by atoms with Gasteiger partial charge in [0, 0.05) is 17.4 Å². The van der Waals surface area contributed by atoms with E-state index in [0.29, 0.717) is 17.3 Å². The normalized spacial score (nSPS) is 14.8. The van der Waals surface area contributed by atoms with Crippen LogP contribution < -0.4 is 5.32 Å². The third kappa shape index (κ3) is 3.26. The molecule has 146 valence electrons. The maximum absolute atomic E-state index is 12.9. The van der Waals surface area contributed by atoms with Crippen LogP contribution in [0.2, 0.25) is 0 Å². The van der Waals surface area contributed by atoms with Gasteiger partial charge in [0.15, 0.2) is 0 Å². The van der Waals surface area contributed by atoms with Crippen LogP contribution in [0.3, 0.4) is 0 Å². The van der Waals surface area contributed by atoms with Gasteiger partial charge in [-0.25, -0.2) is 4.52 Å². The van der Waals surface area contributed by atoms with Crippen LogP contribution in [-0.2, 0) is 0 Å². The van der Waals surface area contributed by atoms with E-state index in [1.165, 1.54) is 12.8 Å². The van der Waals surface area contributed by atoms with Gasteiger partial charge in [-0.2, -0.15) is 9.90 Å². The summed E-state index contributed by atoms with van der Waals surface area (Å²) in [6.07, 6.45) is 5.84. The number of rotatable bonds is 5. The molecule has 1 aliphatic rings. The third-order valence-corrected chi connectivity index (χ3v) is 5.51. The second kappa shape index (κ2) is 6.80. The molecule has 1 amide bonds. The third-order valence-electron chi connectivity index (χ3n) is 5.51. The van der Waals surface area contributed by atoms with Gasteiger partial charge in [-0.3, -0.25) is 4.79 Å². The number of hydrogen-bond acceptors (Lipinski definition) is 5. The predicted molar refractivity (Wildman–Crippen MR) is 109 cm³/mol. The zero-order chi connectivity index (χ0) is 20.0. The van der Waals surface area contributed by atoms with E-state index in [1.807, 2.05) is 49.5 Å². The van der Waals surface area contributed by atoms with Gasteiger partial charge >= 0.3 is 0 Å². The van der Waals surface area contributed by atoms with E-state index >= 15 is 0 Å². The fourth-order valence-electron chi connectivity index (χ4n) is 3.48. The Morgan fingerprint density at radius 3 is 2.93 bits per heavy atom. The highest BCUT2D eigenvalue weighted by atomic mass is 16.1. The van der Waals surface area contributed by atoms with E-state index in [-0.39, 0.29) is 11.9 Å². The molecule has 5 rings (SSSR count). The van der Waals surface area contributed by atoms with Crippen molar-refractivity contribution in [1.29, 1.82) is 0 Å². The molecule has 0 unspecified atom stereocenters. The minimum Gasteiger partial charge on any atom is -0.322 e. The van der Waals surface area contributed by atoms with E-state index in [1.54, 1.807) is 15.5 Å². The Morgan fingerprint density at radius 1 is 1.24 bits per heavy atom. The second-order valence-electron chi connectivity index (χ2n) is 7.58. The number of pyridine rings is 1. The minimum absolute atomic E-state index is 0.203. The molecule has 8 heteroatoms. The quantitative estimate of drug-likeness (QED) is 0.566. The molecule has 1 N–H and O–H groups in total. The van der Waals surface area contributed by atoms with Gasteiger partial charge in [-0.15, -0.1) is 10.2 Å².